The molecule has 1 unspecified atom stereocenters. The van der Waals surface area contributed by atoms with Gasteiger partial charge in [0.05, 0.1) is 9.77 Å². The largest absolute Gasteiger partial charge is 0.355 e. The zero-order valence-corrected chi connectivity index (χ0v) is 18.2. The summed E-state index contributed by atoms with van der Waals surface area (Å²) >= 11 is 1.50. The maximum Gasteiger partial charge on any atom is 0.277 e. The second-order valence-electron chi connectivity index (χ2n) is 7.21. The second kappa shape index (κ2) is 8.71. The van der Waals surface area contributed by atoms with Gasteiger partial charge in [-0.1, -0.05) is 24.6 Å². The van der Waals surface area contributed by atoms with Crippen LogP contribution < -0.4 is 5.32 Å². The third kappa shape index (κ3) is 4.19. The number of carbonyl (C=O) groups excluding carboxylic acids is 1. The lowest BCUT2D eigenvalue weighted by Crippen LogP contribution is -2.43. The van der Waals surface area contributed by atoms with E-state index in [2.05, 4.69) is 10.5 Å². The summed E-state index contributed by atoms with van der Waals surface area (Å²) in [4.78, 5) is 13.6. The van der Waals surface area contributed by atoms with E-state index in [1.54, 1.807) is 22.5 Å². The van der Waals surface area contributed by atoms with Crippen molar-refractivity contribution in [3.63, 3.8) is 0 Å². The fourth-order valence-electron chi connectivity index (χ4n) is 3.66. The number of nitrogens with one attached hydrogen (secondary N) is 1. The number of thiophene rings is 1. The summed E-state index contributed by atoms with van der Waals surface area (Å²) in [7, 11) is -3.55. The maximum absolute atomic E-state index is 13.0. The molecule has 1 saturated heterocycles. The van der Waals surface area contributed by atoms with Crippen molar-refractivity contribution in [1.29, 1.82) is 0 Å². The smallest absolute Gasteiger partial charge is 0.277 e. The molecular weight excluding hydrogens is 422 g/mol. The molecule has 1 fully saturated rings. The van der Waals surface area contributed by atoms with Crippen LogP contribution >= 0.6 is 11.3 Å². The Morgan fingerprint density at radius 1 is 1.27 bits per heavy atom. The maximum atomic E-state index is 13.0. The molecule has 3 aromatic rings. The molecule has 0 radical (unpaired) electrons. The van der Waals surface area contributed by atoms with Gasteiger partial charge in [0, 0.05) is 24.3 Å². The van der Waals surface area contributed by atoms with Crippen LogP contribution in [0.4, 0.5) is 5.69 Å². The highest BCUT2D eigenvalue weighted by atomic mass is 32.2. The number of piperidine rings is 1. The number of rotatable bonds is 6. The van der Waals surface area contributed by atoms with Crippen LogP contribution in [0, 0.1) is 0 Å². The predicted molar refractivity (Wildman–Crippen MR) is 116 cm³/mol. The second-order valence-corrected chi connectivity index (χ2v) is 10.0. The lowest BCUT2D eigenvalue weighted by Gasteiger charge is -2.34. The number of hydrogen-bond acceptors (Lipinski definition) is 6. The summed E-state index contributed by atoms with van der Waals surface area (Å²) in [6.07, 6.45) is 3.65. The number of anilines is 1. The fourth-order valence-corrected chi connectivity index (χ4v) is 6.10. The molecule has 0 bridgehead atoms. The van der Waals surface area contributed by atoms with E-state index in [-0.39, 0.29) is 16.6 Å². The van der Waals surface area contributed by atoms with Crippen molar-refractivity contribution in [2.24, 2.45) is 0 Å². The lowest BCUT2D eigenvalue weighted by molar-refractivity contribution is 0.101. The van der Waals surface area contributed by atoms with Gasteiger partial charge in [0.2, 0.25) is 10.0 Å². The predicted octanol–water partition coefficient (Wildman–Crippen LogP) is 4.61. The summed E-state index contributed by atoms with van der Waals surface area (Å²) < 4.78 is 32.9. The number of amides is 1. The molecule has 2 aromatic heterocycles. The van der Waals surface area contributed by atoms with Crippen molar-refractivity contribution in [2.45, 2.75) is 43.5 Å². The van der Waals surface area contributed by atoms with E-state index in [9.17, 15) is 13.2 Å². The Bertz CT molecular complexity index is 1110. The Balaban J connectivity index is 1.46. The first kappa shape index (κ1) is 20.8. The van der Waals surface area contributed by atoms with Crippen molar-refractivity contribution in [3.05, 3.63) is 53.5 Å². The molecule has 9 heteroatoms. The zero-order chi connectivity index (χ0) is 21.1. The van der Waals surface area contributed by atoms with Gasteiger partial charge in [0.15, 0.2) is 11.5 Å². The summed E-state index contributed by atoms with van der Waals surface area (Å²) in [5.41, 5.74) is 0.652. The number of hydrogen-bond donors (Lipinski definition) is 1. The SMILES string of the molecule is CCC1CCCCN1S(=O)(=O)c1ccc(NC(=O)c2cc(-c3cccs3)on2)cc1. The quantitative estimate of drug-likeness (QED) is 0.598. The molecule has 0 spiro atoms. The van der Waals surface area contributed by atoms with Crippen molar-refractivity contribution in [1.82, 2.24) is 9.46 Å². The van der Waals surface area contributed by atoms with E-state index in [1.165, 1.54) is 23.5 Å². The minimum absolute atomic E-state index is 0.0489. The number of carbonyl (C=O) groups is 1. The standard InChI is InChI=1S/C21H23N3O4S2/c1-2-16-6-3-4-12-24(16)30(26,27)17-10-8-15(9-11-17)22-21(25)18-14-19(28-23-18)20-7-5-13-29-20/h5,7-11,13-14,16H,2-4,6,12H2,1H3,(H,22,25). The van der Waals surface area contributed by atoms with Crippen LogP contribution in [0.3, 0.4) is 0 Å². The van der Waals surface area contributed by atoms with Crippen molar-refractivity contribution in [2.75, 3.05) is 11.9 Å². The number of aromatic nitrogens is 1. The molecule has 1 amide bonds. The van der Waals surface area contributed by atoms with E-state index >= 15 is 0 Å². The van der Waals surface area contributed by atoms with Crippen LogP contribution in [0.1, 0.15) is 43.1 Å². The third-order valence-electron chi connectivity index (χ3n) is 5.27. The molecule has 158 valence electrons. The Hall–Kier alpha value is -2.49. The lowest BCUT2D eigenvalue weighted by atomic mass is 10.0. The number of benzene rings is 1. The van der Waals surface area contributed by atoms with Gasteiger partial charge in [0.25, 0.3) is 5.91 Å². The molecule has 30 heavy (non-hydrogen) atoms. The number of nitrogens with zero attached hydrogens (tertiary/aromatic N) is 2. The van der Waals surface area contributed by atoms with Gasteiger partial charge in [-0.05, 0) is 55.0 Å². The highest BCUT2D eigenvalue weighted by Gasteiger charge is 2.32. The van der Waals surface area contributed by atoms with E-state index in [0.717, 1.165) is 30.6 Å². The Morgan fingerprint density at radius 2 is 2.07 bits per heavy atom. The van der Waals surface area contributed by atoms with Crippen LogP contribution in [0.15, 0.2) is 57.3 Å². The van der Waals surface area contributed by atoms with Gasteiger partial charge < -0.3 is 9.84 Å². The van der Waals surface area contributed by atoms with Gasteiger partial charge in [-0.25, -0.2) is 8.42 Å². The highest BCUT2D eigenvalue weighted by Crippen LogP contribution is 2.28. The molecule has 1 aliphatic heterocycles. The minimum atomic E-state index is -3.55. The van der Waals surface area contributed by atoms with Gasteiger partial charge in [-0.3, -0.25) is 4.79 Å². The van der Waals surface area contributed by atoms with Crippen LogP contribution in [0.2, 0.25) is 0 Å². The van der Waals surface area contributed by atoms with Crippen molar-refractivity contribution in [3.8, 4) is 10.6 Å². The van der Waals surface area contributed by atoms with Crippen LogP contribution in [0.25, 0.3) is 10.6 Å². The van der Waals surface area contributed by atoms with Gasteiger partial charge in [-0.2, -0.15) is 4.31 Å². The van der Waals surface area contributed by atoms with Crippen LogP contribution in [0.5, 0.6) is 0 Å². The molecule has 3 heterocycles. The zero-order valence-electron chi connectivity index (χ0n) is 16.6. The Kier molecular flexibility index (Phi) is 6.03. The van der Waals surface area contributed by atoms with Crippen LogP contribution in [-0.2, 0) is 10.0 Å². The minimum Gasteiger partial charge on any atom is -0.355 e. The summed E-state index contributed by atoms with van der Waals surface area (Å²) in [5, 5.41) is 8.47. The summed E-state index contributed by atoms with van der Waals surface area (Å²) in [5.74, 6) is 0.114. The summed E-state index contributed by atoms with van der Waals surface area (Å²) in [6.45, 7) is 2.57. The molecule has 7 nitrogen and oxygen atoms in total. The average molecular weight is 446 g/mol. The molecule has 1 aromatic carbocycles. The fraction of sp³-hybridized carbons (Fsp3) is 0.333. The molecule has 4 rings (SSSR count). The van der Waals surface area contributed by atoms with Gasteiger partial charge >= 0.3 is 0 Å². The first-order valence-electron chi connectivity index (χ1n) is 9.93. The van der Waals surface area contributed by atoms with Crippen molar-refractivity contribution < 1.29 is 17.7 Å². The normalized spacial score (nSPS) is 17.7. The van der Waals surface area contributed by atoms with E-state index in [1.807, 2.05) is 24.4 Å². The topological polar surface area (TPSA) is 92.5 Å². The van der Waals surface area contributed by atoms with E-state index in [4.69, 9.17) is 4.52 Å². The third-order valence-corrected chi connectivity index (χ3v) is 8.12. The summed E-state index contributed by atoms with van der Waals surface area (Å²) in [6, 6.07) is 11.7. The Morgan fingerprint density at radius 3 is 2.77 bits per heavy atom. The van der Waals surface area contributed by atoms with E-state index < -0.39 is 15.9 Å². The molecule has 1 atom stereocenters. The molecule has 1 aliphatic rings. The van der Waals surface area contributed by atoms with Gasteiger partial charge in [-0.15, -0.1) is 11.3 Å². The average Bonchev–Trinajstić information content (AvgIpc) is 3.46. The molecular formula is C21H23N3O4S2. The first-order valence-corrected chi connectivity index (χ1v) is 12.2. The first-order chi connectivity index (χ1) is 14.5. The molecule has 0 aliphatic carbocycles. The molecule has 0 saturated carbocycles. The van der Waals surface area contributed by atoms with E-state index in [0.29, 0.717) is 18.0 Å². The Labute approximate surface area is 179 Å². The monoisotopic (exact) mass is 445 g/mol. The van der Waals surface area contributed by atoms with Gasteiger partial charge in [0.1, 0.15) is 0 Å². The van der Waals surface area contributed by atoms with Crippen molar-refractivity contribution >= 4 is 33.0 Å². The van der Waals surface area contributed by atoms with Crippen LogP contribution in [-0.4, -0.2) is 36.4 Å². The highest BCUT2D eigenvalue weighted by molar-refractivity contribution is 7.89. The number of sulfonamides is 1. The molecule has 1 N–H and O–H groups in total.